The second-order valence-corrected chi connectivity index (χ2v) is 5.13. The molecule has 0 spiro atoms. The molecule has 3 rings (SSSR count). The van der Waals surface area contributed by atoms with Gasteiger partial charge in [0.2, 0.25) is 0 Å². The van der Waals surface area contributed by atoms with Gasteiger partial charge in [-0.1, -0.05) is 30.0 Å². The lowest BCUT2D eigenvalue weighted by atomic mass is 10.2. The number of aromatic nitrogens is 3. The number of hydrogen-bond donors (Lipinski definition) is 2. The Balaban J connectivity index is 1.78. The molecule has 0 aliphatic rings. The minimum atomic E-state index is 0.469. The highest BCUT2D eigenvalue weighted by atomic mass is 32.2. The molecular formula is C14H14N4S. The van der Waals surface area contributed by atoms with E-state index in [-0.39, 0.29) is 0 Å². The van der Waals surface area contributed by atoms with E-state index in [0.717, 1.165) is 33.2 Å². The van der Waals surface area contributed by atoms with Crippen LogP contribution in [-0.2, 0) is 12.3 Å². The third-order valence-corrected chi connectivity index (χ3v) is 3.83. The van der Waals surface area contributed by atoms with E-state index in [9.17, 15) is 0 Å². The first-order chi connectivity index (χ1) is 9.36. The maximum Gasteiger partial charge on any atom is 0.166 e. The Bertz CT molecular complexity index is 659. The fraction of sp³-hybridized carbons (Fsp3) is 0.143. The maximum absolute atomic E-state index is 5.69. The topological polar surface area (TPSA) is 67.6 Å². The Morgan fingerprint density at radius 3 is 2.89 bits per heavy atom. The van der Waals surface area contributed by atoms with Crippen molar-refractivity contribution in [1.29, 1.82) is 0 Å². The Labute approximate surface area is 115 Å². The molecule has 19 heavy (non-hydrogen) atoms. The van der Waals surface area contributed by atoms with Gasteiger partial charge in [-0.2, -0.15) is 0 Å². The standard InChI is InChI=1S/C14H14N4S/c15-8-13-10(4-3-7-16-13)9-19-14-17-11-5-1-2-6-12(11)18-14/h1-7H,8-9,15H2,(H,17,18). The van der Waals surface area contributed by atoms with Crippen LogP contribution in [0, 0.1) is 0 Å². The van der Waals surface area contributed by atoms with Gasteiger partial charge in [0, 0.05) is 18.5 Å². The van der Waals surface area contributed by atoms with Crippen molar-refractivity contribution in [2.45, 2.75) is 17.5 Å². The highest BCUT2D eigenvalue weighted by molar-refractivity contribution is 7.98. The molecule has 3 aromatic rings. The summed E-state index contributed by atoms with van der Waals surface area (Å²) < 4.78 is 0. The summed E-state index contributed by atoms with van der Waals surface area (Å²) in [5, 5.41) is 0.924. The van der Waals surface area contributed by atoms with E-state index in [1.165, 1.54) is 0 Å². The predicted molar refractivity (Wildman–Crippen MR) is 77.8 cm³/mol. The Hall–Kier alpha value is -1.85. The summed E-state index contributed by atoms with van der Waals surface area (Å²) in [5.41, 5.74) is 9.86. The van der Waals surface area contributed by atoms with Gasteiger partial charge in [0.05, 0.1) is 16.7 Å². The molecule has 2 heterocycles. The monoisotopic (exact) mass is 270 g/mol. The van der Waals surface area contributed by atoms with Gasteiger partial charge < -0.3 is 10.7 Å². The first kappa shape index (κ1) is 12.2. The molecule has 3 N–H and O–H groups in total. The third kappa shape index (κ3) is 2.62. The lowest BCUT2D eigenvalue weighted by Gasteiger charge is -2.04. The van der Waals surface area contributed by atoms with Crippen LogP contribution in [0.25, 0.3) is 11.0 Å². The number of fused-ring (bicyclic) bond motifs is 1. The summed E-state index contributed by atoms with van der Waals surface area (Å²) in [7, 11) is 0. The van der Waals surface area contributed by atoms with Crippen LogP contribution < -0.4 is 5.73 Å². The number of imidazole rings is 1. The molecule has 0 unspecified atom stereocenters. The minimum absolute atomic E-state index is 0.469. The number of benzene rings is 1. The van der Waals surface area contributed by atoms with E-state index < -0.39 is 0 Å². The van der Waals surface area contributed by atoms with Crippen molar-refractivity contribution in [1.82, 2.24) is 15.0 Å². The Morgan fingerprint density at radius 2 is 2.05 bits per heavy atom. The van der Waals surface area contributed by atoms with Gasteiger partial charge in [0.25, 0.3) is 0 Å². The molecule has 0 aliphatic heterocycles. The van der Waals surface area contributed by atoms with Crippen LogP contribution in [-0.4, -0.2) is 15.0 Å². The number of nitrogens with zero attached hydrogens (tertiary/aromatic N) is 2. The van der Waals surface area contributed by atoms with Crippen molar-refractivity contribution in [3.05, 3.63) is 53.9 Å². The molecule has 1 aromatic carbocycles. The molecule has 0 amide bonds. The van der Waals surface area contributed by atoms with Crippen LogP contribution in [0.2, 0.25) is 0 Å². The number of para-hydroxylation sites is 2. The van der Waals surface area contributed by atoms with Crippen molar-refractivity contribution < 1.29 is 0 Å². The van der Waals surface area contributed by atoms with Crippen LogP contribution in [0.15, 0.2) is 47.8 Å². The second kappa shape index (κ2) is 5.42. The van der Waals surface area contributed by atoms with Crippen molar-refractivity contribution in [3.8, 4) is 0 Å². The predicted octanol–water partition coefficient (Wildman–Crippen LogP) is 2.71. The van der Waals surface area contributed by atoms with E-state index in [1.807, 2.05) is 30.3 Å². The molecular weight excluding hydrogens is 256 g/mol. The van der Waals surface area contributed by atoms with Gasteiger partial charge >= 0.3 is 0 Å². The summed E-state index contributed by atoms with van der Waals surface area (Å²) in [6, 6.07) is 12.0. The largest absolute Gasteiger partial charge is 0.333 e. The Morgan fingerprint density at radius 1 is 1.16 bits per heavy atom. The number of nitrogens with two attached hydrogens (primary N) is 1. The molecule has 0 saturated heterocycles. The van der Waals surface area contributed by atoms with Crippen molar-refractivity contribution in [3.63, 3.8) is 0 Å². The number of pyridine rings is 1. The van der Waals surface area contributed by atoms with E-state index in [1.54, 1.807) is 18.0 Å². The number of hydrogen-bond acceptors (Lipinski definition) is 4. The fourth-order valence-electron chi connectivity index (χ4n) is 1.93. The molecule has 2 aromatic heterocycles. The first-order valence-electron chi connectivity index (χ1n) is 6.07. The van der Waals surface area contributed by atoms with Gasteiger partial charge in [0.1, 0.15) is 0 Å². The van der Waals surface area contributed by atoms with Crippen molar-refractivity contribution >= 4 is 22.8 Å². The average molecular weight is 270 g/mol. The van der Waals surface area contributed by atoms with Crippen molar-refractivity contribution in [2.24, 2.45) is 5.73 Å². The molecule has 0 saturated carbocycles. The van der Waals surface area contributed by atoms with E-state index in [4.69, 9.17) is 5.73 Å². The summed E-state index contributed by atoms with van der Waals surface area (Å²) in [6.45, 7) is 0.469. The van der Waals surface area contributed by atoms with E-state index in [0.29, 0.717) is 6.54 Å². The minimum Gasteiger partial charge on any atom is -0.333 e. The van der Waals surface area contributed by atoms with Gasteiger partial charge in [0.15, 0.2) is 5.16 Å². The average Bonchev–Trinajstić information content (AvgIpc) is 2.88. The van der Waals surface area contributed by atoms with Gasteiger partial charge in [-0.05, 0) is 23.8 Å². The highest BCUT2D eigenvalue weighted by Gasteiger charge is 2.06. The number of nitrogens with one attached hydrogen (secondary N) is 1. The zero-order chi connectivity index (χ0) is 13.1. The third-order valence-electron chi connectivity index (χ3n) is 2.91. The number of rotatable bonds is 4. The summed E-state index contributed by atoms with van der Waals surface area (Å²) >= 11 is 1.67. The molecule has 4 nitrogen and oxygen atoms in total. The zero-order valence-electron chi connectivity index (χ0n) is 10.3. The van der Waals surface area contributed by atoms with Crippen LogP contribution in [0.5, 0.6) is 0 Å². The molecule has 0 bridgehead atoms. The van der Waals surface area contributed by atoms with Crippen LogP contribution >= 0.6 is 11.8 Å². The fourth-order valence-corrected chi connectivity index (χ4v) is 2.83. The van der Waals surface area contributed by atoms with Crippen LogP contribution in [0.4, 0.5) is 0 Å². The summed E-state index contributed by atoms with van der Waals surface area (Å²) in [5.74, 6) is 0.820. The normalized spacial score (nSPS) is 11.0. The number of aromatic amines is 1. The van der Waals surface area contributed by atoms with Gasteiger partial charge in [-0.25, -0.2) is 4.98 Å². The van der Waals surface area contributed by atoms with Crippen molar-refractivity contribution in [2.75, 3.05) is 0 Å². The summed E-state index contributed by atoms with van der Waals surface area (Å²) in [4.78, 5) is 12.1. The number of H-pyrrole nitrogens is 1. The van der Waals surface area contributed by atoms with Gasteiger partial charge in [-0.3, -0.25) is 4.98 Å². The van der Waals surface area contributed by atoms with Gasteiger partial charge in [-0.15, -0.1) is 0 Å². The quantitative estimate of drug-likeness (QED) is 0.715. The highest BCUT2D eigenvalue weighted by Crippen LogP contribution is 2.23. The van der Waals surface area contributed by atoms with Crippen LogP contribution in [0.1, 0.15) is 11.3 Å². The van der Waals surface area contributed by atoms with E-state index in [2.05, 4.69) is 21.0 Å². The first-order valence-corrected chi connectivity index (χ1v) is 7.06. The lowest BCUT2D eigenvalue weighted by Crippen LogP contribution is -2.03. The smallest absolute Gasteiger partial charge is 0.166 e. The molecule has 0 aliphatic carbocycles. The molecule has 0 atom stereocenters. The molecule has 0 fully saturated rings. The second-order valence-electron chi connectivity index (χ2n) is 4.16. The Kier molecular flexibility index (Phi) is 3.48. The summed E-state index contributed by atoms with van der Waals surface area (Å²) in [6.07, 6.45) is 1.78. The molecule has 5 heteroatoms. The molecule has 96 valence electrons. The molecule has 0 radical (unpaired) electrons. The zero-order valence-corrected chi connectivity index (χ0v) is 11.2. The lowest BCUT2D eigenvalue weighted by molar-refractivity contribution is 0.963. The van der Waals surface area contributed by atoms with Crippen LogP contribution in [0.3, 0.4) is 0 Å². The van der Waals surface area contributed by atoms with E-state index >= 15 is 0 Å². The number of thioether (sulfide) groups is 1. The SMILES string of the molecule is NCc1ncccc1CSc1nc2ccccc2[nH]1. The maximum atomic E-state index is 5.69.